The molecular formula is C18H23NO. The molecule has 20 heavy (non-hydrogen) atoms. The van der Waals surface area contributed by atoms with Crippen molar-refractivity contribution < 1.29 is 4.74 Å². The van der Waals surface area contributed by atoms with Crippen molar-refractivity contribution in [1.82, 2.24) is 0 Å². The maximum Gasteiger partial charge on any atom is 0.127 e. The Balaban J connectivity index is 2.26. The molecule has 0 spiro atoms. The van der Waals surface area contributed by atoms with Gasteiger partial charge in [-0.05, 0) is 47.3 Å². The highest BCUT2D eigenvalue weighted by Crippen LogP contribution is 2.42. The van der Waals surface area contributed by atoms with Crippen LogP contribution in [0.5, 0.6) is 5.75 Å². The van der Waals surface area contributed by atoms with Crippen LogP contribution in [0.3, 0.4) is 0 Å². The van der Waals surface area contributed by atoms with Gasteiger partial charge in [0.15, 0.2) is 0 Å². The third-order valence-electron chi connectivity index (χ3n) is 4.60. The first-order valence-corrected chi connectivity index (χ1v) is 7.36. The van der Waals surface area contributed by atoms with Crippen molar-refractivity contribution in [2.45, 2.75) is 39.2 Å². The predicted molar refractivity (Wildman–Crippen MR) is 84.1 cm³/mol. The minimum absolute atomic E-state index is 0.0982. The van der Waals surface area contributed by atoms with Crippen LogP contribution in [0.1, 0.15) is 43.9 Å². The van der Waals surface area contributed by atoms with Crippen molar-refractivity contribution in [3.05, 3.63) is 41.5 Å². The molecule has 0 fully saturated rings. The SMILES string of the molecule is COc1cc2c(c3ccccc13)CCC(C)(C)CC2N. The largest absolute Gasteiger partial charge is 0.496 e. The van der Waals surface area contributed by atoms with E-state index in [1.807, 2.05) is 0 Å². The molecule has 1 aliphatic carbocycles. The summed E-state index contributed by atoms with van der Waals surface area (Å²) >= 11 is 0. The molecule has 0 aromatic heterocycles. The molecule has 0 bridgehead atoms. The highest BCUT2D eigenvalue weighted by atomic mass is 16.5. The molecule has 0 radical (unpaired) electrons. The Kier molecular flexibility index (Phi) is 3.21. The van der Waals surface area contributed by atoms with Crippen LogP contribution in [0.4, 0.5) is 0 Å². The minimum Gasteiger partial charge on any atom is -0.496 e. The fourth-order valence-corrected chi connectivity index (χ4v) is 3.47. The maximum atomic E-state index is 6.48. The van der Waals surface area contributed by atoms with Crippen molar-refractivity contribution in [3.8, 4) is 5.75 Å². The Hall–Kier alpha value is -1.54. The van der Waals surface area contributed by atoms with Gasteiger partial charge in [-0.2, -0.15) is 0 Å². The zero-order valence-electron chi connectivity index (χ0n) is 12.6. The Bertz CT molecular complexity index is 645. The number of ether oxygens (including phenoxy) is 1. The lowest BCUT2D eigenvalue weighted by Gasteiger charge is -2.24. The van der Waals surface area contributed by atoms with E-state index in [1.165, 1.54) is 28.3 Å². The number of nitrogens with two attached hydrogens (primary N) is 1. The lowest BCUT2D eigenvalue weighted by molar-refractivity contribution is 0.293. The summed E-state index contributed by atoms with van der Waals surface area (Å²) in [5.41, 5.74) is 9.47. The van der Waals surface area contributed by atoms with Gasteiger partial charge in [-0.15, -0.1) is 0 Å². The third kappa shape index (κ3) is 2.18. The molecule has 2 nitrogen and oxygen atoms in total. The second-order valence-electron chi connectivity index (χ2n) is 6.67. The monoisotopic (exact) mass is 269 g/mol. The summed E-state index contributed by atoms with van der Waals surface area (Å²) < 4.78 is 5.58. The van der Waals surface area contributed by atoms with Gasteiger partial charge in [0, 0.05) is 11.4 Å². The van der Waals surface area contributed by atoms with Gasteiger partial charge >= 0.3 is 0 Å². The normalized spacial score (nSPS) is 21.3. The number of aryl methyl sites for hydroxylation is 1. The zero-order chi connectivity index (χ0) is 14.3. The molecule has 2 N–H and O–H groups in total. The number of benzene rings is 2. The van der Waals surface area contributed by atoms with Gasteiger partial charge in [-0.25, -0.2) is 0 Å². The quantitative estimate of drug-likeness (QED) is 0.787. The zero-order valence-corrected chi connectivity index (χ0v) is 12.6. The van der Waals surface area contributed by atoms with Crippen LogP contribution in [0, 0.1) is 5.41 Å². The lowest BCUT2D eigenvalue weighted by Crippen LogP contribution is -2.19. The highest BCUT2D eigenvalue weighted by molar-refractivity contribution is 5.92. The number of hydrogen-bond acceptors (Lipinski definition) is 2. The standard InChI is InChI=1S/C18H23NO/c1-18(2)9-8-13-12-6-4-5-7-14(12)17(20-3)10-15(13)16(19)11-18/h4-7,10,16H,8-9,11,19H2,1-3H3. The van der Waals surface area contributed by atoms with Crippen molar-refractivity contribution in [2.24, 2.45) is 11.1 Å². The van der Waals surface area contributed by atoms with E-state index < -0.39 is 0 Å². The van der Waals surface area contributed by atoms with Crippen LogP contribution >= 0.6 is 0 Å². The molecule has 0 heterocycles. The molecule has 0 amide bonds. The van der Waals surface area contributed by atoms with Crippen molar-refractivity contribution in [3.63, 3.8) is 0 Å². The molecule has 0 aliphatic heterocycles. The molecular weight excluding hydrogens is 246 g/mol. The molecule has 2 aromatic rings. The number of methoxy groups -OCH3 is 1. The topological polar surface area (TPSA) is 35.2 Å². The van der Waals surface area contributed by atoms with Crippen molar-refractivity contribution >= 4 is 10.8 Å². The summed E-state index contributed by atoms with van der Waals surface area (Å²) in [6, 6.07) is 10.8. The third-order valence-corrected chi connectivity index (χ3v) is 4.60. The molecule has 0 saturated carbocycles. The first-order valence-electron chi connectivity index (χ1n) is 7.36. The average Bonchev–Trinajstić information content (AvgIpc) is 2.54. The molecule has 1 aliphatic rings. The summed E-state index contributed by atoms with van der Waals surface area (Å²) in [7, 11) is 1.74. The van der Waals surface area contributed by atoms with Crippen LogP contribution in [-0.4, -0.2) is 7.11 Å². The maximum absolute atomic E-state index is 6.48. The fourth-order valence-electron chi connectivity index (χ4n) is 3.47. The van der Waals surface area contributed by atoms with E-state index in [0.29, 0.717) is 5.41 Å². The van der Waals surface area contributed by atoms with E-state index in [2.05, 4.69) is 44.2 Å². The number of rotatable bonds is 1. The molecule has 1 atom stereocenters. The second kappa shape index (κ2) is 4.78. The summed E-state index contributed by atoms with van der Waals surface area (Å²) in [5.74, 6) is 0.939. The summed E-state index contributed by atoms with van der Waals surface area (Å²) in [4.78, 5) is 0. The fraction of sp³-hybridized carbons (Fsp3) is 0.444. The highest BCUT2D eigenvalue weighted by Gasteiger charge is 2.29. The number of hydrogen-bond donors (Lipinski definition) is 1. The Morgan fingerprint density at radius 1 is 1.20 bits per heavy atom. The molecule has 106 valence electrons. The van der Waals surface area contributed by atoms with Gasteiger partial charge in [0.1, 0.15) is 5.75 Å². The van der Waals surface area contributed by atoms with E-state index in [4.69, 9.17) is 10.5 Å². The number of fused-ring (bicyclic) bond motifs is 3. The Morgan fingerprint density at radius 2 is 1.90 bits per heavy atom. The summed E-state index contributed by atoms with van der Waals surface area (Å²) in [6.07, 6.45) is 3.31. The second-order valence-corrected chi connectivity index (χ2v) is 6.67. The van der Waals surface area contributed by atoms with Gasteiger partial charge in [0.2, 0.25) is 0 Å². The van der Waals surface area contributed by atoms with E-state index in [0.717, 1.165) is 18.6 Å². The van der Waals surface area contributed by atoms with Crippen molar-refractivity contribution in [1.29, 1.82) is 0 Å². The lowest BCUT2D eigenvalue weighted by atomic mass is 9.83. The van der Waals surface area contributed by atoms with E-state index in [9.17, 15) is 0 Å². The van der Waals surface area contributed by atoms with Gasteiger partial charge in [0.05, 0.1) is 7.11 Å². The van der Waals surface area contributed by atoms with E-state index in [-0.39, 0.29) is 6.04 Å². The average molecular weight is 269 g/mol. The van der Waals surface area contributed by atoms with E-state index in [1.54, 1.807) is 7.11 Å². The Morgan fingerprint density at radius 3 is 2.60 bits per heavy atom. The van der Waals surface area contributed by atoms with Crippen LogP contribution in [0.15, 0.2) is 30.3 Å². The summed E-state index contributed by atoms with van der Waals surface area (Å²) in [5, 5.41) is 2.50. The molecule has 2 aromatic carbocycles. The summed E-state index contributed by atoms with van der Waals surface area (Å²) in [6.45, 7) is 4.64. The van der Waals surface area contributed by atoms with Gasteiger partial charge in [0.25, 0.3) is 0 Å². The molecule has 2 heteroatoms. The van der Waals surface area contributed by atoms with E-state index >= 15 is 0 Å². The van der Waals surface area contributed by atoms with Crippen LogP contribution < -0.4 is 10.5 Å². The van der Waals surface area contributed by atoms with Crippen LogP contribution in [0.2, 0.25) is 0 Å². The first-order chi connectivity index (χ1) is 9.52. The van der Waals surface area contributed by atoms with Gasteiger partial charge in [-0.3, -0.25) is 0 Å². The van der Waals surface area contributed by atoms with Gasteiger partial charge in [-0.1, -0.05) is 38.1 Å². The van der Waals surface area contributed by atoms with Crippen LogP contribution in [-0.2, 0) is 6.42 Å². The van der Waals surface area contributed by atoms with Crippen molar-refractivity contribution in [2.75, 3.05) is 7.11 Å². The molecule has 1 unspecified atom stereocenters. The predicted octanol–water partition coefficient (Wildman–Crippen LogP) is 4.21. The molecule has 0 saturated heterocycles. The first kappa shape index (κ1) is 13.4. The van der Waals surface area contributed by atoms with Crippen LogP contribution in [0.25, 0.3) is 10.8 Å². The molecule has 3 rings (SSSR count). The smallest absolute Gasteiger partial charge is 0.127 e. The van der Waals surface area contributed by atoms with Gasteiger partial charge < -0.3 is 10.5 Å². The Labute approximate surface area is 120 Å². The minimum atomic E-state index is 0.0982.